The van der Waals surface area contributed by atoms with Crippen LogP contribution in [0.15, 0.2) is 40.9 Å². The van der Waals surface area contributed by atoms with E-state index in [9.17, 15) is 0 Å². The Morgan fingerprint density at radius 3 is 2.87 bits per heavy atom. The molecule has 1 aliphatic rings. The van der Waals surface area contributed by atoms with Gasteiger partial charge in [0.15, 0.2) is 0 Å². The smallest absolute Gasteiger partial charge is 0.0632 e. The zero-order valence-corrected chi connectivity index (χ0v) is 9.98. The number of nitrogens with zero attached hydrogens (tertiary/aromatic N) is 1. The summed E-state index contributed by atoms with van der Waals surface area (Å²) in [6.07, 6.45) is 14.4. The lowest BCUT2D eigenvalue weighted by Gasteiger charge is -2.19. The summed E-state index contributed by atoms with van der Waals surface area (Å²) in [6.45, 7) is 7.22. The van der Waals surface area contributed by atoms with E-state index in [4.69, 9.17) is 0 Å². The van der Waals surface area contributed by atoms with E-state index < -0.39 is 0 Å². The van der Waals surface area contributed by atoms with Crippen LogP contribution in [0.2, 0.25) is 0 Å². The van der Waals surface area contributed by atoms with Gasteiger partial charge in [0, 0.05) is 5.92 Å². The zero-order valence-electron chi connectivity index (χ0n) is 9.98. The summed E-state index contributed by atoms with van der Waals surface area (Å²) >= 11 is 0. The van der Waals surface area contributed by atoms with Gasteiger partial charge >= 0.3 is 0 Å². The summed E-state index contributed by atoms with van der Waals surface area (Å²) in [5.74, 6) is 1.17. The topological polar surface area (TPSA) is 12.4 Å². The molecular weight excluding hydrogens is 182 g/mol. The molecule has 2 unspecified atom stereocenters. The molecule has 0 aromatic carbocycles. The van der Waals surface area contributed by atoms with Crippen LogP contribution in [0, 0.1) is 11.8 Å². The third-order valence-corrected chi connectivity index (χ3v) is 2.67. The van der Waals surface area contributed by atoms with Crippen LogP contribution in [0.3, 0.4) is 0 Å². The molecule has 0 saturated carbocycles. The maximum absolute atomic E-state index is 4.25. The van der Waals surface area contributed by atoms with Gasteiger partial charge in [-0.25, -0.2) is 0 Å². The maximum Gasteiger partial charge on any atom is 0.0632 e. The minimum Gasteiger partial charge on any atom is -0.293 e. The quantitative estimate of drug-likeness (QED) is 0.487. The molecule has 0 amide bonds. The Morgan fingerprint density at radius 1 is 1.47 bits per heavy atom. The first-order valence-electron chi connectivity index (χ1n) is 5.78. The highest BCUT2D eigenvalue weighted by atomic mass is 14.7. The molecule has 0 aromatic rings. The molecule has 0 aromatic heterocycles. The summed E-state index contributed by atoms with van der Waals surface area (Å²) in [4.78, 5) is 4.25. The number of aliphatic imine (C=N–C) groups is 1. The largest absolute Gasteiger partial charge is 0.293 e. The van der Waals surface area contributed by atoms with Crippen LogP contribution in [0.5, 0.6) is 0 Å². The average molecular weight is 203 g/mol. The Balaban J connectivity index is 2.58. The van der Waals surface area contributed by atoms with E-state index in [-0.39, 0.29) is 0 Å². The third kappa shape index (κ3) is 3.86. The van der Waals surface area contributed by atoms with E-state index in [1.54, 1.807) is 0 Å². The summed E-state index contributed by atoms with van der Waals surface area (Å²) in [6, 6.07) is 0. The van der Waals surface area contributed by atoms with E-state index in [0.29, 0.717) is 11.8 Å². The van der Waals surface area contributed by atoms with Crippen LogP contribution in [0.1, 0.15) is 27.2 Å². The van der Waals surface area contributed by atoms with Gasteiger partial charge in [0.2, 0.25) is 0 Å². The van der Waals surface area contributed by atoms with E-state index in [1.807, 2.05) is 13.1 Å². The highest BCUT2D eigenvalue weighted by molar-refractivity contribution is 5.53. The summed E-state index contributed by atoms with van der Waals surface area (Å²) in [5, 5.41) is 0. The van der Waals surface area contributed by atoms with E-state index in [1.165, 1.54) is 5.57 Å². The molecule has 0 radical (unpaired) electrons. The fraction of sp³-hybridized carbons (Fsp3) is 0.500. The summed E-state index contributed by atoms with van der Waals surface area (Å²) in [7, 11) is 0. The maximum atomic E-state index is 4.25. The molecule has 1 nitrogen and oxygen atoms in total. The van der Waals surface area contributed by atoms with Gasteiger partial charge in [0.25, 0.3) is 0 Å². The highest BCUT2D eigenvalue weighted by Crippen LogP contribution is 2.24. The van der Waals surface area contributed by atoms with Crippen molar-refractivity contribution in [3.05, 3.63) is 36.0 Å². The van der Waals surface area contributed by atoms with Crippen molar-refractivity contribution in [1.82, 2.24) is 0 Å². The summed E-state index contributed by atoms with van der Waals surface area (Å²) in [5.41, 5.74) is 1.33. The first-order valence-corrected chi connectivity index (χ1v) is 5.78. The predicted octanol–water partition coefficient (Wildman–Crippen LogP) is 3.79. The van der Waals surface area contributed by atoms with Gasteiger partial charge in [0.05, 0.1) is 6.54 Å². The Labute approximate surface area is 93.3 Å². The molecule has 1 rings (SSSR count). The van der Waals surface area contributed by atoms with Crippen molar-refractivity contribution in [2.24, 2.45) is 16.8 Å². The molecule has 0 spiro atoms. The Hall–Kier alpha value is -1.11. The van der Waals surface area contributed by atoms with Gasteiger partial charge in [-0.2, -0.15) is 0 Å². The van der Waals surface area contributed by atoms with Crippen LogP contribution in [0.25, 0.3) is 0 Å². The average Bonchev–Trinajstić information content (AvgIpc) is 2.25. The van der Waals surface area contributed by atoms with Crippen molar-refractivity contribution >= 4 is 6.21 Å². The lowest BCUT2D eigenvalue weighted by Crippen LogP contribution is -2.09. The molecule has 0 bridgehead atoms. The first-order chi connectivity index (χ1) is 7.27. The number of allylic oxidation sites excluding steroid dienone is 4. The SMILES string of the molecule is C/C=N\CC1=CC(C)C(/C=C/CC)C=C1. The van der Waals surface area contributed by atoms with Crippen molar-refractivity contribution < 1.29 is 0 Å². The molecule has 82 valence electrons. The molecule has 1 heteroatoms. The highest BCUT2D eigenvalue weighted by Gasteiger charge is 2.13. The minimum atomic E-state index is 0.569. The molecule has 15 heavy (non-hydrogen) atoms. The van der Waals surface area contributed by atoms with Crippen LogP contribution in [-0.2, 0) is 0 Å². The predicted molar refractivity (Wildman–Crippen MR) is 68.3 cm³/mol. The fourth-order valence-electron chi connectivity index (χ4n) is 1.75. The second-order valence-corrected chi connectivity index (χ2v) is 3.97. The van der Waals surface area contributed by atoms with Crippen LogP contribution in [0.4, 0.5) is 0 Å². The molecule has 0 heterocycles. The molecule has 0 saturated heterocycles. The second-order valence-electron chi connectivity index (χ2n) is 3.97. The lowest BCUT2D eigenvalue weighted by molar-refractivity contribution is 0.598. The van der Waals surface area contributed by atoms with Crippen molar-refractivity contribution in [3.63, 3.8) is 0 Å². The minimum absolute atomic E-state index is 0.569. The third-order valence-electron chi connectivity index (χ3n) is 2.67. The van der Waals surface area contributed by atoms with Crippen LogP contribution < -0.4 is 0 Å². The normalized spacial score (nSPS) is 26.5. The fourth-order valence-corrected chi connectivity index (χ4v) is 1.75. The van der Waals surface area contributed by atoms with Crippen LogP contribution >= 0.6 is 0 Å². The number of rotatable bonds is 4. The van der Waals surface area contributed by atoms with Gasteiger partial charge in [-0.15, -0.1) is 0 Å². The van der Waals surface area contributed by atoms with Gasteiger partial charge in [-0.3, -0.25) is 4.99 Å². The molecule has 0 fully saturated rings. The monoisotopic (exact) mass is 203 g/mol. The molecule has 1 aliphatic carbocycles. The van der Waals surface area contributed by atoms with Gasteiger partial charge in [-0.1, -0.05) is 44.2 Å². The van der Waals surface area contributed by atoms with Gasteiger partial charge in [0.1, 0.15) is 0 Å². The Bertz CT molecular complexity index is 294. The van der Waals surface area contributed by atoms with E-state index in [0.717, 1.165) is 13.0 Å². The molecule has 0 N–H and O–H groups in total. The Morgan fingerprint density at radius 2 is 2.27 bits per heavy atom. The molecular formula is C14H21N. The van der Waals surface area contributed by atoms with Gasteiger partial charge < -0.3 is 0 Å². The zero-order chi connectivity index (χ0) is 11.1. The van der Waals surface area contributed by atoms with Crippen molar-refractivity contribution in [2.45, 2.75) is 27.2 Å². The van der Waals surface area contributed by atoms with Crippen molar-refractivity contribution in [1.29, 1.82) is 0 Å². The number of hydrogen-bond acceptors (Lipinski definition) is 1. The first kappa shape index (κ1) is 12.0. The lowest BCUT2D eigenvalue weighted by atomic mass is 9.87. The van der Waals surface area contributed by atoms with Crippen LogP contribution in [-0.4, -0.2) is 12.8 Å². The van der Waals surface area contributed by atoms with E-state index >= 15 is 0 Å². The second kappa shape index (κ2) is 6.39. The summed E-state index contributed by atoms with van der Waals surface area (Å²) < 4.78 is 0. The van der Waals surface area contributed by atoms with Gasteiger partial charge in [-0.05, 0) is 31.1 Å². The van der Waals surface area contributed by atoms with Crippen molar-refractivity contribution in [3.8, 4) is 0 Å². The molecule has 2 atom stereocenters. The Kier molecular flexibility index (Phi) is 5.09. The van der Waals surface area contributed by atoms with E-state index in [2.05, 4.69) is 49.2 Å². The molecule has 0 aliphatic heterocycles. The standard InChI is InChI=1S/C14H21N/c1-4-6-7-14-9-8-13(10-12(14)3)11-15-5-2/h5-10,12,14H,4,11H2,1-3H3/b7-6+,15-5-. The number of hydrogen-bond donors (Lipinski definition) is 0. The van der Waals surface area contributed by atoms with Crippen molar-refractivity contribution in [2.75, 3.05) is 6.54 Å².